The van der Waals surface area contributed by atoms with Gasteiger partial charge >= 0.3 is 0 Å². The number of aryl methyl sites for hydroxylation is 1. The molecular formula is C14H21NO. The fourth-order valence-electron chi connectivity index (χ4n) is 2.51. The molecule has 2 atom stereocenters. The number of rotatable bonds is 2. The first-order valence-corrected chi connectivity index (χ1v) is 6.16. The lowest BCUT2D eigenvalue weighted by Gasteiger charge is -2.36. The number of nitrogens with zero attached hydrogens (tertiary/aromatic N) is 1. The van der Waals surface area contributed by atoms with Crippen molar-refractivity contribution in [1.82, 2.24) is 0 Å². The number of benzene rings is 1. The Kier molecular flexibility index (Phi) is 3.49. The van der Waals surface area contributed by atoms with Crippen LogP contribution in [0, 0.1) is 6.92 Å². The summed E-state index contributed by atoms with van der Waals surface area (Å²) in [6.07, 6.45) is 4.28. The molecule has 16 heavy (non-hydrogen) atoms. The molecule has 1 fully saturated rings. The van der Waals surface area contributed by atoms with Crippen molar-refractivity contribution in [3.63, 3.8) is 0 Å². The van der Waals surface area contributed by atoms with E-state index in [-0.39, 0.29) is 12.1 Å². The minimum Gasteiger partial charge on any atom is -0.391 e. The van der Waals surface area contributed by atoms with Gasteiger partial charge in [-0.15, -0.1) is 0 Å². The SMILES string of the molecule is Cc1ccc(N(C)[C@@H]2CCCC[C@@H]2O)cc1. The Hall–Kier alpha value is -1.02. The second-order valence-electron chi connectivity index (χ2n) is 4.87. The van der Waals surface area contributed by atoms with E-state index in [2.05, 4.69) is 43.1 Å². The van der Waals surface area contributed by atoms with Crippen LogP contribution >= 0.6 is 0 Å². The van der Waals surface area contributed by atoms with E-state index < -0.39 is 0 Å². The zero-order chi connectivity index (χ0) is 11.5. The molecule has 0 aliphatic heterocycles. The molecule has 1 N–H and O–H groups in total. The van der Waals surface area contributed by atoms with Gasteiger partial charge in [-0.3, -0.25) is 0 Å². The molecule has 2 nitrogen and oxygen atoms in total. The lowest BCUT2D eigenvalue weighted by Crippen LogP contribution is -2.43. The standard InChI is InChI=1S/C14H21NO/c1-11-7-9-12(10-8-11)15(2)13-5-3-4-6-14(13)16/h7-10,13-14,16H,3-6H2,1-2H3/t13-,14+/m1/s1. The topological polar surface area (TPSA) is 23.5 Å². The predicted molar refractivity (Wildman–Crippen MR) is 67.8 cm³/mol. The van der Waals surface area contributed by atoms with Gasteiger partial charge in [0.15, 0.2) is 0 Å². The Morgan fingerprint density at radius 2 is 1.75 bits per heavy atom. The van der Waals surface area contributed by atoms with E-state index in [1.165, 1.54) is 24.1 Å². The molecule has 0 heterocycles. The fourth-order valence-corrected chi connectivity index (χ4v) is 2.51. The van der Waals surface area contributed by atoms with E-state index >= 15 is 0 Å². The number of anilines is 1. The molecule has 1 aliphatic rings. The van der Waals surface area contributed by atoms with E-state index in [4.69, 9.17) is 0 Å². The maximum absolute atomic E-state index is 10.0. The fraction of sp³-hybridized carbons (Fsp3) is 0.571. The maximum Gasteiger partial charge on any atom is 0.0743 e. The average Bonchev–Trinajstić information content (AvgIpc) is 2.30. The average molecular weight is 219 g/mol. The van der Waals surface area contributed by atoms with Gasteiger partial charge in [0.2, 0.25) is 0 Å². The zero-order valence-electron chi connectivity index (χ0n) is 10.2. The van der Waals surface area contributed by atoms with Gasteiger partial charge < -0.3 is 10.0 Å². The minimum absolute atomic E-state index is 0.167. The summed E-state index contributed by atoms with van der Waals surface area (Å²) < 4.78 is 0. The van der Waals surface area contributed by atoms with Crippen molar-refractivity contribution in [2.45, 2.75) is 44.8 Å². The third kappa shape index (κ3) is 2.38. The summed E-state index contributed by atoms with van der Waals surface area (Å²) >= 11 is 0. The van der Waals surface area contributed by atoms with Gasteiger partial charge in [0.05, 0.1) is 12.1 Å². The summed E-state index contributed by atoms with van der Waals surface area (Å²) in [6, 6.07) is 8.81. The summed E-state index contributed by atoms with van der Waals surface area (Å²) in [5.74, 6) is 0. The largest absolute Gasteiger partial charge is 0.391 e. The van der Waals surface area contributed by atoms with Crippen molar-refractivity contribution in [1.29, 1.82) is 0 Å². The summed E-state index contributed by atoms with van der Waals surface area (Å²) in [4.78, 5) is 2.23. The zero-order valence-corrected chi connectivity index (χ0v) is 10.2. The lowest BCUT2D eigenvalue weighted by molar-refractivity contribution is 0.106. The van der Waals surface area contributed by atoms with Crippen molar-refractivity contribution < 1.29 is 5.11 Å². The Morgan fingerprint density at radius 3 is 2.38 bits per heavy atom. The summed E-state index contributed by atoms with van der Waals surface area (Å²) in [5, 5.41) is 10.0. The second-order valence-corrected chi connectivity index (χ2v) is 4.87. The molecule has 1 saturated carbocycles. The Balaban J connectivity index is 2.11. The van der Waals surface area contributed by atoms with Gasteiger partial charge in [-0.05, 0) is 31.9 Å². The first-order valence-electron chi connectivity index (χ1n) is 6.16. The van der Waals surface area contributed by atoms with Crippen molar-refractivity contribution in [2.75, 3.05) is 11.9 Å². The molecule has 0 radical (unpaired) electrons. The first-order chi connectivity index (χ1) is 7.68. The van der Waals surface area contributed by atoms with E-state index in [0.717, 1.165) is 12.8 Å². The molecule has 2 rings (SSSR count). The van der Waals surface area contributed by atoms with Gasteiger partial charge in [0, 0.05) is 12.7 Å². The molecule has 0 amide bonds. The molecule has 1 aromatic rings. The number of hydrogen-bond donors (Lipinski definition) is 1. The highest BCUT2D eigenvalue weighted by Gasteiger charge is 2.26. The highest BCUT2D eigenvalue weighted by molar-refractivity contribution is 5.48. The quantitative estimate of drug-likeness (QED) is 0.826. The summed E-state index contributed by atoms with van der Waals surface area (Å²) in [6.45, 7) is 2.10. The monoisotopic (exact) mass is 219 g/mol. The molecule has 2 heteroatoms. The van der Waals surface area contributed by atoms with Crippen LogP contribution in [0.25, 0.3) is 0 Å². The third-order valence-electron chi connectivity index (χ3n) is 3.63. The summed E-state index contributed by atoms with van der Waals surface area (Å²) in [5.41, 5.74) is 2.48. The number of hydrogen-bond acceptors (Lipinski definition) is 2. The van der Waals surface area contributed by atoms with Crippen molar-refractivity contribution >= 4 is 5.69 Å². The van der Waals surface area contributed by atoms with Crippen LogP contribution in [-0.2, 0) is 0 Å². The van der Waals surface area contributed by atoms with E-state index in [1.54, 1.807) is 0 Å². The van der Waals surface area contributed by atoms with Crippen LogP contribution in [0.2, 0.25) is 0 Å². The van der Waals surface area contributed by atoms with E-state index in [0.29, 0.717) is 0 Å². The molecule has 0 aromatic heterocycles. The Labute approximate surface area is 97.9 Å². The van der Waals surface area contributed by atoms with Gasteiger partial charge in [-0.1, -0.05) is 30.5 Å². The first kappa shape index (κ1) is 11.5. The van der Waals surface area contributed by atoms with Crippen molar-refractivity contribution in [2.24, 2.45) is 0 Å². The van der Waals surface area contributed by atoms with E-state index in [1.807, 2.05) is 0 Å². The van der Waals surface area contributed by atoms with Gasteiger partial charge in [-0.2, -0.15) is 0 Å². The van der Waals surface area contributed by atoms with Crippen LogP contribution in [0.15, 0.2) is 24.3 Å². The second kappa shape index (κ2) is 4.88. The number of likely N-dealkylation sites (N-methyl/N-ethyl adjacent to an activating group) is 1. The van der Waals surface area contributed by atoms with Crippen LogP contribution in [0.3, 0.4) is 0 Å². The highest BCUT2D eigenvalue weighted by Crippen LogP contribution is 2.26. The van der Waals surface area contributed by atoms with Gasteiger partial charge in [0.25, 0.3) is 0 Å². The number of aliphatic hydroxyl groups excluding tert-OH is 1. The van der Waals surface area contributed by atoms with Crippen LogP contribution in [0.4, 0.5) is 5.69 Å². The normalized spacial score (nSPS) is 25.4. The molecule has 88 valence electrons. The molecule has 0 saturated heterocycles. The summed E-state index contributed by atoms with van der Waals surface area (Å²) in [7, 11) is 2.09. The van der Waals surface area contributed by atoms with Crippen LogP contribution in [0.5, 0.6) is 0 Å². The van der Waals surface area contributed by atoms with Crippen molar-refractivity contribution in [3.8, 4) is 0 Å². The van der Waals surface area contributed by atoms with Gasteiger partial charge in [-0.25, -0.2) is 0 Å². The lowest BCUT2D eigenvalue weighted by atomic mass is 9.91. The third-order valence-corrected chi connectivity index (χ3v) is 3.63. The molecule has 0 unspecified atom stereocenters. The molecule has 0 spiro atoms. The molecule has 0 bridgehead atoms. The molecule has 1 aromatic carbocycles. The van der Waals surface area contributed by atoms with Crippen LogP contribution < -0.4 is 4.90 Å². The van der Waals surface area contributed by atoms with Crippen LogP contribution in [0.1, 0.15) is 31.2 Å². The van der Waals surface area contributed by atoms with Crippen LogP contribution in [-0.4, -0.2) is 24.3 Å². The van der Waals surface area contributed by atoms with Gasteiger partial charge in [0.1, 0.15) is 0 Å². The number of aliphatic hydroxyl groups is 1. The highest BCUT2D eigenvalue weighted by atomic mass is 16.3. The Bertz CT molecular complexity index is 333. The van der Waals surface area contributed by atoms with E-state index in [9.17, 15) is 5.11 Å². The van der Waals surface area contributed by atoms with Crippen molar-refractivity contribution in [3.05, 3.63) is 29.8 Å². The predicted octanol–water partition coefficient (Wildman–Crippen LogP) is 2.73. The smallest absolute Gasteiger partial charge is 0.0743 e. The minimum atomic E-state index is -0.167. The molecular weight excluding hydrogens is 198 g/mol. The maximum atomic E-state index is 10.0. The molecule has 1 aliphatic carbocycles. The Morgan fingerprint density at radius 1 is 1.12 bits per heavy atom.